The van der Waals surface area contributed by atoms with E-state index in [0.29, 0.717) is 12.0 Å². The third-order valence-corrected chi connectivity index (χ3v) is 3.85. The van der Waals surface area contributed by atoms with Crippen molar-refractivity contribution in [3.05, 3.63) is 35.9 Å². The largest absolute Gasteiger partial charge is 0.480 e. The van der Waals surface area contributed by atoms with Crippen molar-refractivity contribution in [1.82, 2.24) is 4.90 Å². The molecule has 0 radical (unpaired) electrons. The van der Waals surface area contributed by atoms with Crippen LogP contribution in [0.15, 0.2) is 30.3 Å². The van der Waals surface area contributed by atoms with Crippen LogP contribution in [0.2, 0.25) is 0 Å². The van der Waals surface area contributed by atoms with Gasteiger partial charge in [-0.15, -0.1) is 0 Å². The maximum Gasteiger partial charge on any atom is 0.325 e. The van der Waals surface area contributed by atoms with Gasteiger partial charge in [-0.2, -0.15) is 0 Å². The average molecular weight is 247 g/mol. The maximum absolute atomic E-state index is 11.6. The Kier molecular flexibility index (Phi) is 4.02. The van der Waals surface area contributed by atoms with Gasteiger partial charge in [0.25, 0.3) is 0 Å². The highest BCUT2D eigenvalue weighted by Gasteiger charge is 2.34. The summed E-state index contributed by atoms with van der Waals surface area (Å²) < 4.78 is 0. The molecule has 18 heavy (non-hydrogen) atoms. The second-order valence-corrected chi connectivity index (χ2v) is 5.38. The number of hydrogen-bond donors (Lipinski definition) is 1. The second-order valence-electron chi connectivity index (χ2n) is 5.38. The van der Waals surface area contributed by atoms with E-state index in [9.17, 15) is 9.90 Å². The Bertz CT molecular complexity index is 404. The van der Waals surface area contributed by atoms with Crippen LogP contribution in [0.25, 0.3) is 0 Å². The van der Waals surface area contributed by atoms with E-state index < -0.39 is 12.0 Å². The lowest BCUT2D eigenvalue weighted by atomic mass is 9.91. The Hall–Kier alpha value is -1.35. The third kappa shape index (κ3) is 2.72. The van der Waals surface area contributed by atoms with Crippen molar-refractivity contribution >= 4 is 5.97 Å². The van der Waals surface area contributed by atoms with Crippen molar-refractivity contribution in [3.8, 4) is 0 Å². The predicted molar refractivity (Wildman–Crippen MR) is 71.4 cm³/mol. The number of rotatable bonds is 3. The highest BCUT2D eigenvalue weighted by Crippen LogP contribution is 2.30. The molecule has 1 aromatic carbocycles. The minimum Gasteiger partial charge on any atom is -0.480 e. The second kappa shape index (κ2) is 5.53. The van der Waals surface area contributed by atoms with Crippen LogP contribution in [-0.2, 0) is 4.79 Å². The normalized spacial score (nSPS) is 26.8. The lowest BCUT2D eigenvalue weighted by molar-refractivity contribution is -0.145. The molecule has 0 saturated carbocycles. The van der Waals surface area contributed by atoms with Crippen LogP contribution in [-0.4, -0.2) is 28.6 Å². The minimum absolute atomic E-state index is 0.336. The summed E-state index contributed by atoms with van der Waals surface area (Å²) in [5, 5.41) is 9.54. The van der Waals surface area contributed by atoms with Gasteiger partial charge in [0.1, 0.15) is 6.04 Å². The zero-order chi connectivity index (χ0) is 13.1. The highest BCUT2D eigenvalue weighted by molar-refractivity contribution is 5.75. The molecule has 3 atom stereocenters. The summed E-state index contributed by atoms with van der Waals surface area (Å²) in [4.78, 5) is 13.7. The van der Waals surface area contributed by atoms with Gasteiger partial charge in [-0.3, -0.25) is 9.69 Å². The minimum atomic E-state index is -0.748. The summed E-state index contributed by atoms with van der Waals surface area (Å²) in [5.41, 5.74) is 0.881. The number of carboxylic acid groups (broad SMARTS) is 1. The first-order chi connectivity index (χ1) is 8.59. The van der Waals surface area contributed by atoms with Crippen molar-refractivity contribution < 1.29 is 9.90 Å². The van der Waals surface area contributed by atoms with Crippen LogP contribution < -0.4 is 0 Å². The number of benzene rings is 1. The Morgan fingerprint density at radius 1 is 1.28 bits per heavy atom. The Morgan fingerprint density at radius 3 is 2.56 bits per heavy atom. The number of carboxylic acids is 1. The number of piperidine rings is 1. The molecule has 1 aliphatic heterocycles. The predicted octanol–water partition coefficient (Wildman–Crippen LogP) is 2.93. The van der Waals surface area contributed by atoms with Crippen molar-refractivity contribution in [2.75, 3.05) is 6.54 Å². The van der Waals surface area contributed by atoms with E-state index >= 15 is 0 Å². The molecule has 0 aromatic heterocycles. The molecule has 1 fully saturated rings. The molecule has 1 aromatic rings. The Balaban J connectivity index is 2.27. The van der Waals surface area contributed by atoms with Gasteiger partial charge in [-0.1, -0.05) is 37.3 Å². The molecule has 98 valence electrons. The number of carbonyl (C=O) groups is 1. The summed E-state index contributed by atoms with van der Waals surface area (Å²) in [6.45, 7) is 5.20. The van der Waals surface area contributed by atoms with Crippen LogP contribution in [0.4, 0.5) is 0 Å². The van der Waals surface area contributed by atoms with Gasteiger partial charge in [0.15, 0.2) is 0 Å². The van der Waals surface area contributed by atoms with Crippen molar-refractivity contribution in [3.63, 3.8) is 0 Å². The fourth-order valence-corrected chi connectivity index (χ4v) is 2.79. The summed E-state index contributed by atoms with van der Waals surface area (Å²) in [6.07, 6.45) is 2.27. The maximum atomic E-state index is 11.6. The zero-order valence-electron chi connectivity index (χ0n) is 11.0. The molecule has 1 heterocycles. The monoisotopic (exact) mass is 247 g/mol. The first-order valence-electron chi connectivity index (χ1n) is 6.63. The van der Waals surface area contributed by atoms with Crippen LogP contribution >= 0.6 is 0 Å². The molecule has 0 amide bonds. The van der Waals surface area contributed by atoms with E-state index in [2.05, 4.69) is 18.7 Å². The topological polar surface area (TPSA) is 40.5 Å². The molecule has 0 spiro atoms. The standard InChI is InChI=1S/C15H21NO2/c1-11-8-9-12(2)16(10-11)14(15(17)18)13-6-4-3-5-7-13/h3-7,11-12,14H,8-10H2,1-2H3,(H,17,18). The molecule has 1 aliphatic rings. The van der Waals surface area contributed by atoms with E-state index in [1.807, 2.05) is 30.3 Å². The quantitative estimate of drug-likeness (QED) is 0.892. The van der Waals surface area contributed by atoms with Gasteiger partial charge in [0.2, 0.25) is 0 Å². The smallest absolute Gasteiger partial charge is 0.325 e. The van der Waals surface area contributed by atoms with Gasteiger partial charge in [-0.25, -0.2) is 0 Å². The van der Waals surface area contributed by atoms with E-state index in [1.165, 1.54) is 6.42 Å². The molecule has 0 bridgehead atoms. The first kappa shape index (κ1) is 13.1. The Labute approximate surface area is 108 Å². The van der Waals surface area contributed by atoms with Gasteiger partial charge >= 0.3 is 5.97 Å². The molecule has 0 aliphatic carbocycles. The summed E-state index contributed by atoms with van der Waals surface area (Å²) in [6, 6.07) is 9.37. The lowest BCUT2D eigenvalue weighted by Crippen LogP contribution is -2.45. The van der Waals surface area contributed by atoms with Gasteiger partial charge in [0, 0.05) is 12.6 Å². The van der Waals surface area contributed by atoms with Crippen molar-refractivity contribution in [1.29, 1.82) is 0 Å². The van der Waals surface area contributed by atoms with Gasteiger partial charge in [-0.05, 0) is 31.2 Å². The van der Waals surface area contributed by atoms with E-state index in [-0.39, 0.29) is 0 Å². The van der Waals surface area contributed by atoms with E-state index in [4.69, 9.17) is 0 Å². The number of nitrogens with zero attached hydrogens (tertiary/aromatic N) is 1. The molecular weight excluding hydrogens is 226 g/mol. The van der Waals surface area contributed by atoms with Crippen LogP contribution in [0, 0.1) is 5.92 Å². The van der Waals surface area contributed by atoms with Crippen molar-refractivity contribution in [2.24, 2.45) is 5.92 Å². The SMILES string of the molecule is CC1CCC(C)N(C(C(=O)O)c2ccccc2)C1. The molecule has 1 saturated heterocycles. The van der Waals surface area contributed by atoms with Gasteiger partial charge in [0.05, 0.1) is 0 Å². The average Bonchev–Trinajstić information content (AvgIpc) is 2.35. The van der Waals surface area contributed by atoms with Crippen molar-refractivity contribution in [2.45, 2.75) is 38.8 Å². The molecule has 3 nitrogen and oxygen atoms in total. The highest BCUT2D eigenvalue weighted by atomic mass is 16.4. The van der Waals surface area contributed by atoms with Gasteiger partial charge < -0.3 is 5.11 Å². The lowest BCUT2D eigenvalue weighted by Gasteiger charge is -2.40. The number of hydrogen-bond acceptors (Lipinski definition) is 2. The fourth-order valence-electron chi connectivity index (χ4n) is 2.79. The molecule has 3 heteroatoms. The summed E-state index contributed by atoms with van der Waals surface area (Å²) in [5.74, 6) is -0.172. The van der Waals surface area contributed by atoms with Crippen LogP contribution in [0.5, 0.6) is 0 Å². The first-order valence-corrected chi connectivity index (χ1v) is 6.63. The molecule has 2 rings (SSSR count). The summed E-state index contributed by atoms with van der Waals surface area (Å²) in [7, 11) is 0. The van der Waals surface area contributed by atoms with Crippen LogP contribution in [0.3, 0.4) is 0 Å². The fraction of sp³-hybridized carbons (Fsp3) is 0.533. The zero-order valence-corrected chi connectivity index (χ0v) is 11.0. The molecular formula is C15H21NO2. The number of aliphatic carboxylic acids is 1. The van der Waals surface area contributed by atoms with E-state index in [1.54, 1.807) is 0 Å². The van der Waals surface area contributed by atoms with E-state index in [0.717, 1.165) is 18.5 Å². The third-order valence-electron chi connectivity index (χ3n) is 3.85. The molecule has 3 unspecified atom stereocenters. The number of likely N-dealkylation sites (tertiary alicyclic amines) is 1. The molecule has 1 N–H and O–H groups in total. The van der Waals surface area contributed by atoms with Crippen LogP contribution in [0.1, 0.15) is 38.3 Å². The Morgan fingerprint density at radius 2 is 1.94 bits per heavy atom. The summed E-state index contributed by atoms with van der Waals surface area (Å²) >= 11 is 0.